The molecule has 2 aromatic heterocycles. The largest absolute Gasteiger partial charge is 0.494 e. The van der Waals surface area contributed by atoms with Gasteiger partial charge in [0.2, 0.25) is 0 Å². The molecule has 1 aromatic carbocycles. The smallest absolute Gasteiger partial charge is 0.319 e. The molecular weight excluding hydrogens is 370 g/mol. The van der Waals surface area contributed by atoms with Crippen molar-refractivity contribution < 1.29 is 9.53 Å². The highest BCUT2D eigenvalue weighted by Gasteiger charge is 2.03. The minimum Gasteiger partial charge on any atom is -0.494 e. The lowest BCUT2D eigenvalue weighted by Gasteiger charge is -2.10. The predicted octanol–water partition coefficient (Wildman–Crippen LogP) is 3.25. The van der Waals surface area contributed by atoms with Crippen molar-refractivity contribution in [2.75, 3.05) is 35.6 Å². The van der Waals surface area contributed by atoms with Gasteiger partial charge in [-0.2, -0.15) is 0 Å². The molecule has 29 heavy (non-hydrogen) atoms. The molecule has 9 nitrogen and oxygen atoms in total. The van der Waals surface area contributed by atoms with Crippen LogP contribution in [0.2, 0.25) is 0 Å². The Bertz CT molecular complexity index is 904. The van der Waals surface area contributed by atoms with Gasteiger partial charge in [0, 0.05) is 31.0 Å². The highest BCUT2D eigenvalue weighted by Crippen LogP contribution is 2.15. The Morgan fingerprint density at radius 1 is 0.966 bits per heavy atom. The number of carbonyl (C=O) groups is 1. The summed E-state index contributed by atoms with van der Waals surface area (Å²) < 4.78 is 5.37. The molecule has 0 aliphatic heterocycles. The molecule has 0 aliphatic carbocycles. The Hall–Kier alpha value is -3.88. The predicted molar refractivity (Wildman–Crippen MR) is 113 cm³/mol. The average molecular weight is 393 g/mol. The molecular formula is C20H23N7O2. The molecule has 0 fully saturated rings. The zero-order chi connectivity index (χ0) is 20.3. The van der Waals surface area contributed by atoms with Crippen molar-refractivity contribution in [2.24, 2.45) is 0 Å². The van der Waals surface area contributed by atoms with Crippen molar-refractivity contribution in [3.63, 3.8) is 0 Å². The fraction of sp³-hybridized carbons (Fsp3) is 0.200. The van der Waals surface area contributed by atoms with Gasteiger partial charge in [0.05, 0.1) is 6.61 Å². The summed E-state index contributed by atoms with van der Waals surface area (Å²) in [7, 11) is 0. The quantitative estimate of drug-likeness (QED) is 0.413. The van der Waals surface area contributed by atoms with E-state index in [9.17, 15) is 4.79 Å². The Kier molecular flexibility index (Phi) is 7.16. The second-order valence-corrected chi connectivity index (χ2v) is 5.89. The van der Waals surface area contributed by atoms with E-state index in [1.807, 2.05) is 37.3 Å². The first-order valence-electron chi connectivity index (χ1n) is 9.24. The standard InChI is InChI=1S/C20H23N7O2/c1-2-29-16-8-6-15(7-9-16)26-20(28)23-12-11-22-18-13-19(25-14-24-18)27-17-5-3-4-10-21-17/h3-10,13-14H,2,11-12H2,1H3,(H2,23,26,28)(H2,21,22,24,25,27). The lowest BCUT2D eigenvalue weighted by molar-refractivity contribution is 0.252. The summed E-state index contributed by atoms with van der Waals surface area (Å²) in [6.07, 6.45) is 3.16. The molecule has 0 spiro atoms. The van der Waals surface area contributed by atoms with Gasteiger partial charge < -0.3 is 26.0 Å². The van der Waals surface area contributed by atoms with Gasteiger partial charge in [-0.3, -0.25) is 0 Å². The summed E-state index contributed by atoms with van der Waals surface area (Å²) in [4.78, 5) is 24.5. The molecule has 0 radical (unpaired) electrons. The average Bonchev–Trinajstić information content (AvgIpc) is 2.74. The molecule has 0 saturated heterocycles. The number of nitrogens with one attached hydrogen (secondary N) is 4. The number of amides is 2. The minimum atomic E-state index is -0.281. The summed E-state index contributed by atoms with van der Waals surface area (Å²) >= 11 is 0. The van der Waals surface area contributed by atoms with Gasteiger partial charge in [-0.15, -0.1) is 0 Å². The summed E-state index contributed by atoms with van der Waals surface area (Å²) in [6, 6.07) is 14.3. The van der Waals surface area contributed by atoms with Gasteiger partial charge in [0.15, 0.2) is 0 Å². The summed E-state index contributed by atoms with van der Waals surface area (Å²) in [5.74, 6) is 2.74. The van der Waals surface area contributed by atoms with E-state index in [4.69, 9.17) is 4.74 Å². The van der Waals surface area contributed by atoms with Crippen LogP contribution in [0.15, 0.2) is 61.1 Å². The number of aromatic nitrogens is 3. The first kappa shape index (κ1) is 19.9. The van der Waals surface area contributed by atoms with Crippen LogP contribution in [0.3, 0.4) is 0 Å². The van der Waals surface area contributed by atoms with Crippen molar-refractivity contribution in [1.82, 2.24) is 20.3 Å². The molecule has 0 unspecified atom stereocenters. The summed E-state index contributed by atoms with van der Waals surface area (Å²) in [6.45, 7) is 3.47. The van der Waals surface area contributed by atoms with E-state index in [-0.39, 0.29) is 6.03 Å². The summed E-state index contributed by atoms with van der Waals surface area (Å²) in [5, 5.41) is 11.8. The SMILES string of the molecule is CCOc1ccc(NC(=O)NCCNc2cc(Nc3ccccn3)ncn2)cc1. The Morgan fingerprint density at radius 2 is 1.79 bits per heavy atom. The molecule has 0 bridgehead atoms. The van der Waals surface area contributed by atoms with Gasteiger partial charge in [-0.1, -0.05) is 6.07 Å². The van der Waals surface area contributed by atoms with Crippen LogP contribution in [0.25, 0.3) is 0 Å². The number of nitrogens with zero attached hydrogens (tertiary/aromatic N) is 3. The van der Waals surface area contributed by atoms with Crippen LogP contribution in [0.4, 0.5) is 27.9 Å². The Morgan fingerprint density at radius 3 is 2.55 bits per heavy atom. The number of rotatable bonds is 9. The van der Waals surface area contributed by atoms with Crippen molar-refractivity contribution in [3.05, 3.63) is 61.1 Å². The van der Waals surface area contributed by atoms with Crippen LogP contribution >= 0.6 is 0 Å². The molecule has 9 heteroatoms. The second-order valence-electron chi connectivity index (χ2n) is 5.89. The summed E-state index contributed by atoms with van der Waals surface area (Å²) in [5.41, 5.74) is 0.694. The highest BCUT2D eigenvalue weighted by molar-refractivity contribution is 5.89. The van der Waals surface area contributed by atoms with Crippen LogP contribution in [-0.4, -0.2) is 40.7 Å². The van der Waals surface area contributed by atoms with Gasteiger partial charge in [-0.05, 0) is 43.3 Å². The Labute approximate surface area is 169 Å². The van der Waals surface area contributed by atoms with E-state index in [1.54, 1.807) is 24.4 Å². The fourth-order valence-corrected chi connectivity index (χ4v) is 2.43. The van der Waals surface area contributed by atoms with Crippen LogP contribution in [0, 0.1) is 0 Å². The first-order valence-corrected chi connectivity index (χ1v) is 9.24. The van der Waals surface area contributed by atoms with Gasteiger partial charge in [0.25, 0.3) is 0 Å². The molecule has 3 aromatic rings. The molecule has 150 valence electrons. The van der Waals surface area contributed by atoms with Crippen molar-refractivity contribution >= 4 is 29.2 Å². The van der Waals surface area contributed by atoms with Crippen LogP contribution in [-0.2, 0) is 0 Å². The topological polar surface area (TPSA) is 113 Å². The number of ether oxygens (including phenoxy) is 1. The molecule has 3 rings (SSSR count). The Balaban J connectivity index is 1.39. The number of anilines is 4. The third-order valence-electron chi connectivity index (χ3n) is 3.73. The van der Waals surface area contributed by atoms with Crippen molar-refractivity contribution in [3.8, 4) is 5.75 Å². The van der Waals surface area contributed by atoms with E-state index < -0.39 is 0 Å². The van der Waals surface area contributed by atoms with Crippen LogP contribution in [0.1, 0.15) is 6.92 Å². The molecule has 2 amide bonds. The van der Waals surface area contributed by atoms with Gasteiger partial charge >= 0.3 is 6.03 Å². The fourth-order valence-electron chi connectivity index (χ4n) is 2.43. The highest BCUT2D eigenvalue weighted by atomic mass is 16.5. The maximum absolute atomic E-state index is 12.0. The van der Waals surface area contributed by atoms with Crippen LogP contribution < -0.4 is 26.0 Å². The monoisotopic (exact) mass is 393 g/mol. The number of benzene rings is 1. The van der Waals surface area contributed by atoms with E-state index in [1.165, 1.54) is 6.33 Å². The zero-order valence-electron chi connectivity index (χ0n) is 16.1. The lowest BCUT2D eigenvalue weighted by Crippen LogP contribution is -2.32. The number of carbonyl (C=O) groups excluding carboxylic acids is 1. The number of urea groups is 1. The number of hydrogen-bond acceptors (Lipinski definition) is 7. The van der Waals surface area contributed by atoms with E-state index in [0.29, 0.717) is 42.8 Å². The second kappa shape index (κ2) is 10.5. The van der Waals surface area contributed by atoms with Crippen molar-refractivity contribution in [1.29, 1.82) is 0 Å². The third-order valence-corrected chi connectivity index (χ3v) is 3.73. The van der Waals surface area contributed by atoms with Gasteiger partial charge in [-0.25, -0.2) is 19.7 Å². The molecule has 4 N–H and O–H groups in total. The minimum absolute atomic E-state index is 0.281. The van der Waals surface area contributed by atoms with E-state index in [0.717, 1.165) is 5.75 Å². The molecule has 0 aliphatic rings. The molecule has 0 saturated carbocycles. The van der Waals surface area contributed by atoms with E-state index in [2.05, 4.69) is 36.2 Å². The third kappa shape index (κ3) is 6.65. The van der Waals surface area contributed by atoms with Crippen LogP contribution in [0.5, 0.6) is 5.75 Å². The maximum atomic E-state index is 12.0. The maximum Gasteiger partial charge on any atom is 0.319 e. The molecule has 2 heterocycles. The normalized spacial score (nSPS) is 10.1. The van der Waals surface area contributed by atoms with Crippen molar-refractivity contribution in [2.45, 2.75) is 6.92 Å². The number of hydrogen-bond donors (Lipinski definition) is 4. The van der Waals surface area contributed by atoms with Gasteiger partial charge in [0.1, 0.15) is 29.5 Å². The lowest BCUT2D eigenvalue weighted by atomic mass is 10.3. The molecule has 0 atom stereocenters. The first-order chi connectivity index (χ1) is 14.2. The van der Waals surface area contributed by atoms with E-state index >= 15 is 0 Å². The number of pyridine rings is 1. The zero-order valence-corrected chi connectivity index (χ0v) is 16.1.